The van der Waals surface area contributed by atoms with Crippen LogP contribution in [0, 0.1) is 17.8 Å². The monoisotopic (exact) mass is 583 g/mol. The van der Waals surface area contributed by atoms with Gasteiger partial charge in [-0.05, 0) is 37.0 Å². The van der Waals surface area contributed by atoms with E-state index in [2.05, 4.69) is 27.1 Å². The Morgan fingerprint density at radius 2 is 2.00 bits per heavy atom. The maximum absolute atomic E-state index is 13.5. The molecular formula is C27H32F2KN5O3S. The maximum atomic E-state index is 13.5. The van der Waals surface area contributed by atoms with E-state index < -0.39 is 23.4 Å². The van der Waals surface area contributed by atoms with Gasteiger partial charge in [-0.15, -0.1) is 5.69 Å². The van der Waals surface area contributed by atoms with E-state index >= 15 is 0 Å². The van der Waals surface area contributed by atoms with E-state index in [1.54, 1.807) is 18.2 Å². The molecule has 1 saturated heterocycles. The van der Waals surface area contributed by atoms with E-state index in [9.17, 15) is 13.6 Å². The SMILES string of the molecule is CC.COc1cnc(C(F)F)cc1-c1cc([N-]C2CCOC2)ccc1C(=O)N=C(N)SC(N)C#CC1CC1.[K+]. The Morgan fingerprint density at radius 3 is 2.62 bits per heavy atom. The first-order valence-corrected chi connectivity index (χ1v) is 13.3. The second-order valence-corrected chi connectivity index (χ2v) is 9.50. The largest absolute Gasteiger partial charge is 1.00 e. The van der Waals surface area contributed by atoms with E-state index in [1.165, 1.54) is 19.4 Å². The molecule has 2 unspecified atom stereocenters. The fourth-order valence-corrected chi connectivity index (χ4v) is 4.10. The van der Waals surface area contributed by atoms with Crippen molar-refractivity contribution in [2.24, 2.45) is 22.4 Å². The van der Waals surface area contributed by atoms with E-state index in [-0.39, 0.29) is 79.5 Å². The zero-order chi connectivity index (χ0) is 27.7. The van der Waals surface area contributed by atoms with Gasteiger partial charge in [0.1, 0.15) is 16.8 Å². The van der Waals surface area contributed by atoms with Crippen LogP contribution in [-0.4, -0.2) is 47.8 Å². The van der Waals surface area contributed by atoms with Crippen molar-refractivity contribution in [3.8, 4) is 28.7 Å². The number of halogens is 2. The fourth-order valence-electron chi connectivity index (χ4n) is 3.58. The summed E-state index contributed by atoms with van der Waals surface area (Å²) in [5.74, 6) is 5.89. The Bertz CT molecular complexity index is 1210. The van der Waals surface area contributed by atoms with Crippen molar-refractivity contribution in [2.75, 3.05) is 20.3 Å². The average Bonchev–Trinajstić information content (AvgIpc) is 3.61. The summed E-state index contributed by atoms with van der Waals surface area (Å²) in [6.07, 6.45) is 1.30. The van der Waals surface area contributed by atoms with Crippen molar-refractivity contribution >= 4 is 28.5 Å². The van der Waals surface area contributed by atoms with Crippen molar-refractivity contribution in [3.63, 3.8) is 0 Å². The number of carbonyl (C=O) groups excluding carboxylic acids is 1. The molecule has 0 spiro atoms. The number of aliphatic imine (C=N–C) groups is 1. The van der Waals surface area contributed by atoms with Gasteiger partial charge in [0.05, 0.1) is 13.3 Å². The van der Waals surface area contributed by atoms with Gasteiger partial charge in [0.2, 0.25) is 0 Å². The first-order chi connectivity index (χ1) is 18.3. The van der Waals surface area contributed by atoms with Gasteiger partial charge >= 0.3 is 51.4 Å². The number of hydrogen-bond donors (Lipinski definition) is 2. The molecule has 2 heterocycles. The molecule has 1 saturated carbocycles. The van der Waals surface area contributed by atoms with E-state index in [0.29, 0.717) is 30.4 Å². The van der Waals surface area contributed by atoms with Gasteiger partial charge in [0, 0.05) is 30.3 Å². The van der Waals surface area contributed by atoms with Crippen LogP contribution in [0.5, 0.6) is 5.75 Å². The molecule has 1 aliphatic heterocycles. The van der Waals surface area contributed by atoms with Crippen molar-refractivity contribution in [1.82, 2.24) is 4.98 Å². The van der Waals surface area contributed by atoms with Crippen LogP contribution in [0.4, 0.5) is 14.5 Å². The van der Waals surface area contributed by atoms with Crippen LogP contribution >= 0.6 is 11.8 Å². The number of carbonyl (C=O) groups is 1. The number of rotatable bonds is 7. The number of thioether (sulfide) groups is 1. The minimum absolute atomic E-state index is 0. The Balaban J connectivity index is 0.00000174. The molecule has 1 aromatic heterocycles. The van der Waals surface area contributed by atoms with Crippen LogP contribution in [0.3, 0.4) is 0 Å². The summed E-state index contributed by atoms with van der Waals surface area (Å²) in [7, 11) is 1.39. The van der Waals surface area contributed by atoms with E-state index in [4.69, 9.17) is 20.9 Å². The van der Waals surface area contributed by atoms with Crippen molar-refractivity contribution in [3.05, 3.63) is 47.0 Å². The molecule has 1 amide bonds. The molecule has 204 valence electrons. The minimum atomic E-state index is -2.80. The molecule has 1 aliphatic carbocycles. The molecule has 39 heavy (non-hydrogen) atoms. The zero-order valence-corrected chi connectivity index (χ0v) is 26.6. The molecule has 0 bridgehead atoms. The third-order valence-electron chi connectivity index (χ3n) is 5.56. The molecule has 2 atom stereocenters. The van der Waals surface area contributed by atoms with E-state index in [1.807, 2.05) is 13.8 Å². The van der Waals surface area contributed by atoms with Gasteiger partial charge < -0.3 is 26.3 Å². The molecule has 4 N–H and O–H groups in total. The Hall–Kier alpha value is -1.56. The molecule has 8 nitrogen and oxygen atoms in total. The summed E-state index contributed by atoms with van der Waals surface area (Å²) < 4.78 is 37.6. The van der Waals surface area contributed by atoms with Crippen molar-refractivity contribution < 1.29 is 74.4 Å². The first kappa shape index (κ1) is 33.6. The number of methoxy groups -OCH3 is 1. The molecule has 4 rings (SSSR count). The number of nitrogens with zero attached hydrogens (tertiary/aromatic N) is 3. The second kappa shape index (κ2) is 16.6. The smallest absolute Gasteiger partial charge is 0.680 e. The predicted molar refractivity (Wildman–Crippen MR) is 147 cm³/mol. The zero-order valence-electron chi connectivity index (χ0n) is 22.6. The Labute approximate surface area is 274 Å². The number of benzene rings is 1. The normalized spacial score (nSPS) is 17.2. The summed E-state index contributed by atoms with van der Waals surface area (Å²) >= 11 is 0.977. The van der Waals surface area contributed by atoms with Crippen LogP contribution in [-0.2, 0) is 4.74 Å². The minimum Gasteiger partial charge on any atom is -0.680 e. The third kappa shape index (κ3) is 10.1. The summed E-state index contributed by atoms with van der Waals surface area (Å²) in [5.41, 5.74) is 12.8. The molecule has 0 radical (unpaired) electrons. The number of amides is 1. The summed E-state index contributed by atoms with van der Waals surface area (Å²) in [6.45, 7) is 5.11. The van der Waals surface area contributed by atoms with Gasteiger partial charge in [0.25, 0.3) is 12.3 Å². The fraction of sp³-hybridized carbons (Fsp3) is 0.444. The van der Waals surface area contributed by atoms with Crippen molar-refractivity contribution in [2.45, 2.75) is 51.0 Å². The molecule has 2 aromatic rings. The van der Waals surface area contributed by atoms with Crippen LogP contribution in [0.15, 0.2) is 35.5 Å². The summed E-state index contributed by atoms with van der Waals surface area (Å²) in [6, 6.07) is 6.03. The first-order valence-electron chi connectivity index (χ1n) is 12.4. The second-order valence-electron chi connectivity index (χ2n) is 8.34. The standard InChI is InChI=1S/C25H27F2N5O3S.C2H6.K/c1-34-21-12-30-20(23(26)27)11-19(21)18-10-15(31-16-8-9-35-13-16)5-6-17(18)24(33)32-25(29)36-22(28)7-4-14-2-3-14;1-2;/h5-6,10-12,14,16,22-23H,2-3,8-9,13,28H2,1H3,(H3,29,31,32,33);1-2H3;/q;;+1/p-1. The number of alkyl halides is 2. The number of pyridine rings is 1. The predicted octanol–water partition coefficient (Wildman–Crippen LogP) is 2.41. The summed E-state index contributed by atoms with van der Waals surface area (Å²) in [4.78, 5) is 20.9. The Kier molecular flexibility index (Phi) is 14.4. The van der Waals surface area contributed by atoms with Crippen LogP contribution < -0.4 is 67.6 Å². The number of amidine groups is 1. The molecule has 1 aromatic carbocycles. The molecule has 12 heteroatoms. The van der Waals surface area contributed by atoms with Crippen LogP contribution in [0.2, 0.25) is 0 Å². The number of aromatic nitrogens is 1. The van der Waals surface area contributed by atoms with Gasteiger partial charge in [-0.2, -0.15) is 4.99 Å². The van der Waals surface area contributed by atoms with Gasteiger partial charge in [-0.1, -0.05) is 55.6 Å². The van der Waals surface area contributed by atoms with Crippen LogP contribution in [0.1, 0.15) is 55.6 Å². The molecular weight excluding hydrogens is 551 g/mol. The Morgan fingerprint density at radius 1 is 1.26 bits per heavy atom. The topological polar surface area (TPSA) is 127 Å². The van der Waals surface area contributed by atoms with Gasteiger partial charge in [-0.25, -0.2) is 8.78 Å². The van der Waals surface area contributed by atoms with Crippen LogP contribution in [0.25, 0.3) is 16.4 Å². The quantitative estimate of drug-likeness (QED) is 0.169. The summed E-state index contributed by atoms with van der Waals surface area (Å²) in [5, 5.41) is 3.99. The average molecular weight is 584 g/mol. The van der Waals surface area contributed by atoms with E-state index in [0.717, 1.165) is 31.0 Å². The number of nitrogens with two attached hydrogens (primary N) is 2. The number of ether oxygens (including phenoxy) is 2. The van der Waals surface area contributed by atoms with Crippen molar-refractivity contribution in [1.29, 1.82) is 0 Å². The molecule has 2 fully saturated rings. The van der Waals surface area contributed by atoms with Gasteiger partial charge in [0.15, 0.2) is 5.17 Å². The third-order valence-corrected chi connectivity index (χ3v) is 6.26. The molecule has 2 aliphatic rings. The van der Waals surface area contributed by atoms with Gasteiger partial charge in [-0.3, -0.25) is 9.78 Å². The maximum Gasteiger partial charge on any atom is 1.00 e. The number of hydrogen-bond acceptors (Lipinski definition) is 6.